The normalized spacial score (nSPS) is 13.1. The van der Waals surface area contributed by atoms with E-state index in [0.29, 0.717) is 37.9 Å². The second kappa shape index (κ2) is 7.68. The van der Waals surface area contributed by atoms with Crippen molar-refractivity contribution in [1.82, 2.24) is 14.5 Å². The summed E-state index contributed by atoms with van der Waals surface area (Å²) in [6.45, 7) is 0. The highest BCUT2D eigenvalue weighted by Crippen LogP contribution is 2.28. The Balaban J connectivity index is 1.56. The van der Waals surface area contributed by atoms with Gasteiger partial charge < -0.3 is 0 Å². The van der Waals surface area contributed by atoms with Crippen LogP contribution in [0.15, 0.2) is 82.7 Å². The summed E-state index contributed by atoms with van der Waals surface area (Å²) in [6.07, 6.45) is 0. The first-order chi connectivity index (χ1) is 15.0. The SMILES string of the molecule is O=C1c2ccccc2C(=O)N1CSc1nc2ccccc2c(=O)n1-c1ccc(Cl)cc1. The van der Waals surface area contributed by atoms with Crippen molar-refractivity contribution in [3.05, 3.63) is 99.3 Å². The van der Waals surface area contributed by atoms with Gasteiger partial charge >= 0.3 is 0 Å². The van der Waals surface area contributed by atoms with Crippen LogP contribution in [0.2, 0.25) is 5.02 Å². The molecular formula is C23H14ClN3O3S. The maximum Gasteiger partial charge on any atom is 0.266 e. The quantitative estimate of drug-likeness (QED) is 0.263. The first-order valence-electron chi connectivity index (χ1n) is 9.40. The van der Waals surface area contributed by atoms with Crippen LogP contribution in [0.5, 0.6) is 0 Å². The third-order valence-electron chi connectivity index (χ3n) is 5.03. The fourth-order valence-electron chi connectivity index (χ4n) is 3.51. The van der Waals surface area contributed by atoms with Gasteiger partial charge in [-0.25, -0.2) is 4.98 Å². The average Bonchev–Trinajstić information content (AvgIpc) is 3.03. The lowest BCUT2D eigenvalue weighted by molar-refractivity contribution is 0.0684. The van der Waals surface area contributed by atoms with Crippen molar-refractivity contribution in [2.75, 3.05) is 5.88 Å². The second-order valence-corrected chi connectivity index (χ2v) is 8.23. The van der Waals surface area contributed by atoms with E-state index in [2.05, 4.69) is 4.98 Å². The molecule has 2 amide bonds. The van der Waals surface area contributed by atoms with Crippen LogP contribution in [-0.4, -0.2) is 32.1 Å². The number of rotatable bonds is 4. The zero-order chi connectivity index (χ0) is 21.5. The standard InChI is InChI=1S/C23H14ClN3O3S/c24-14-9-11-15(12-10-14)27-22(30)18-7-3-4-8-19(18)25-23(27)31-13-26-20(28)16-5-1-2-6-17(16)21(26)29/h1-12H,13H2. The predicted molar refractivity (Wildman–Crippen MR) is 120 cm³/mol. The number of thioether (sulfide) groups is 1. The zero-order valence-corrected chi connectivity index (χ0v) is 17.6. The molecule has 0 unspecified atom stereocenters. The number of imide groups is 1. The Morgan fingerprint density at radius 1 is 0.806 bits per heavy atom. The highest BCUT2D eigenvalue weighted by Gasteiger charge is 2.35. The van der Waals surface area contributed by atoms with Gasteiger partial charge in [0.25, 0.3) is 17.4 Å². The minimum atomic E-state index is -0.353. The molecular weight excluding hydrogens is 434 g/mol. The van der Waals surface area contributed by atoms with Crippen molar-refractivity contribution in [3.8, 4) is 5.69 Å². The van der Waals surface area contributed by atoms with Crippen molar-refractivity contribution < 1.29 is 9.59 Å². The molecule has 8 heteroatoms. The summed E-state index contributed by atoms with van der Waals surface area (Å²) in [4.78, 5) is 44.5. The van der Waals surface area contributed by atoms with Crippen molar-refractivity contribution >= 4 is 46.1 Å². The van der Waals surface area contributed by atoms with E-state index in [4.69, 9.17) is 11.6 Å². The van der Waals surface area contributed by atoms with Crippen LogP contribution in [0, 0.1) is 0 Å². The number of nitrogens with zero attached hydrogens (tertiary/aromatic N) is 3. The average molecular weight is 448 g/mol. The minimum absolute atomic E-state index is 0.0325. The molecule has 5 rings (SSSR count). The zero-order valence-electron chi connectivity index (χ0n) is 16.0. The van der Waals surface area contributed by atoms with Crippen molar-refractivity contribution in [2.24, 2.45) is 0 Å². The van der Waals surface area contributed by atoms with Crippen molar-refractivity contribution in [2.45, 2.75) is 5.16 Å². The maximum atomic E-state index is 13.3. The van der Waals surface area contributed by atoms with Gasteiger partial charge in [0.15, 0.2) is 5.16 Å². The number of hydrogen-bond acceptors (Lipinski definition) is 5. The van der Waals surface area contributed by atoms with Crippen LogP contribution >= 0.6 is 23.4 Å². The van der Waals surface area contributed by atoms with Crippen LogP contribution in [0.1, 0.15) is 20.7 Å². The van der Waals surface area contributed by atoms with E-state index < -0.39 is 0 Å². The summed E-state index contributed by atoms with van der Waals surface area (Å²) in [7, 11) is 0. The van der Waals surface area contributed by atoms with Crippen molar-refractivity contribution in [3.63, 3.8) is 0 Å². The molecule has 1 aliphatic heterocycles. The van der Waals surface area contributed by atoms with E-state index in [1.165, 1.54) is 9.47 Å². The lowest BCUT2D eigenvalue weighted by Crippen LogP contribution is -2.30. The van der Waals surface area contributed by atoms with Gasteiger partial charge in [-0.05, 0) is 48.5 Å². The molecule has 31 heavy (non-hydrogen) atoms. The third kappa shape index (κ3) is 3.32. The number of aromatic nitrogens is 2. The van der Waals surface area contributed by atoms with Gasteiger partial charge in [0.2, 0.25) is 0 Å². The number of carbonyl (C=O) groups excluding carboxylic acids is 2. The van der Waals surface area contributed by atoms with E-state index in [-0.39, 0.29) is 23.3 Å². The Morgan fingerprint density at radius 3 is 2.10 bits per heavy atom. The molecule has 0 atom stereocenters. The molecule has 0 aliphatic carbocycles. The molecule has 152 valence electrons. The maximum absolute atomic E-state index is 13.3. The number of para-hydroxylation sites is 1. The Morgan fingerprint density at radius 2 is 1.42 bits per heavy atom. The summed E-state index contributed by atoms with van der Waals surface area (Å²) in [5.74, 6) is -0.673. The van der Waals surface area contributed by atoms with Gasteiger partial charge in [-0.1, -0.05) is 47.6 Å². The Bertz CT molecular complexity index is 1380. The fraction of sp³-hybridized carbons (Fsp3) is 0.0435. The topological polar surface area (TPSA) is 72.3 Å². The highest BCUT2D eigenvalue weighted by atomic mass is 35.5. The summed E-state index contributed by atoms with van der Waals surface area (Å²) < 4.78 is 1.47. The van der Waals surface area contributed by atoms with Gasteiger partial charge in [0.1, 0.15) is 0 Å². The van der Waals surface area contributed by atoms with Crippen LogP contribution in [0.3, 0.4) is 0 Å². The third-order valence-corrected chi connectivity index (χ3v) is 6.20. The summed E-state index contributed by atoms with van der Waals surface area (Å²) >= 11 is 7.16. The van der Waals surface area contributed by atoms with E-state index in [0.717, 1.165) is 11.8 Å². The van der Waals surface area contributed by atoms with Gasteiger partial charge in [-0.2, -0.15) is 0 Å². The Labute approximate surface area is 186 Å². The molecule has 0 bridgehead atoms. The highest BCUT2D eigenvalue weighted by molar-refractivity contribution is 7.99. The van der Waals surface area contributed by atoms with E-state index >= 15 is 0 Å². The van der Waals surface area contributed by atoms with Crippen LogP contribution in [-0.2, 0) is 0 Å². The lowest BCUT2D eigenvalue weighted by atomic mass is 10.1. The number of fused-ring (bicyclic) bond motifs is 2. The molecule has 0 saturated carbocycles. The summed E-state index contributed by atoms with van der Waals surface area (Å²) in [5.41, 5.74) is 1.67. The first-order valence-corrected chi connectivity index (χ1v) is 10.8. The molecule has 0 N–H and O–H groups in total. The predicted octanol–water partition coefficient (Wildman–Crippen LogP) is 4.38. The molecule has 0 fully saturated rings. The number of benzene rings is 3. The molecule has 2 heterocycles. The molecule has 1 aliphatic rings. The van der Waals surface area contributed by atoms with E-state index in [1.54, 1.807) is 72.8 Å². The summed E-state index contributed by atoms with van der Waals surface area (Å²) in [6, 6.07) is 20.6. The number of halogens is 1. The lowest BCUT2D eigenvalue weighted by Gasteiger charge is -2.16. The fourth-order valence-corrected chi connectivity index (χ4v) is 4.59. The largest absolute Gasteiger partial charge is 0.269 e. The van der Waals surface area contributed by atoms with Gasteiger partial charge in [-0.3, -0.25) is 23.9 Å². The van der Waals surface area contributed by atoms with Gasteiger partial charge in [-0.15, -0.1) is 0 Å². The minimum Gasteiger partial charge on any atom is -0.269 e. The summed E-state index contributed by atoms with van der Waals surface area (Å²) in [5, 5.41) is 1.40. The van der Waals surface area contributed by atoms with Crippen LogP contribution in [0.4, 0.5) is 0 Å². The van der Waals surface area contributed by atoms with Crippen molar-refractivity contribution in [1.29, 1.82) is 0 Å². The van der Waals surface area contributed by atoms with Crippen LogP contribution < -0.4 is 5.56 Å². The Kier molecular flexibility index (Phi) is 4.84. The Hall–Kier alpha value is -3.42. The molecule has 0 saturated heterocycles. The number of amides is 2. The van der Waals surface area contributed by atoms with E-state index in [9.17, 15) is 14.4 Å². The molecule has 0 spiro atoms. The number of hydrogen-bond donors (Lipinski definition) is 0. The van der Waals surface area contributed by atoms with Crippen LogP contribution in [0.25, 0.3) is 16.6 Å². The first kappa shape index (κ1) is 19.5. The number of carbonyl (C=O) groups is 2. The molecule has 4 aromatic rings. The monoisotopic (exact) mass is 447 g/mol. The molecule has 1 aromatic heterocycles. The second-order valence-electron chi connectivity index (χ2n) is 6.89. The van der Waals surface area contributed by atoms with Gasteiger partial charge in [0.05, 0.1) is 33.6 Å². The smallest absolute Gasteiger partial charge is 0.266 e. The van der Waals surface area contributed by atoms with E-state index in [1.807, 2.05) is 0 Å². The molecule has 0 radical (unpaired) electrons. The van der Waals surface area contributed by atoms with Gasteiger partial charge in [0, 0.05) is 5.02 Å². The molecule has 6 nitrogen and oxygen atoms in total. The molecule has 3 aromatic carbocycles.